The SMILES string of the molecule is CCCC(=O)OCC(=O)Nc1cccc(C(C)=O)c1. The molecule has 19 heavy (non-hydrogen) atoms. The summed E-state index contributed by atoms with van der Waals surface area (Å²) in [6.07, 6.45) is 0.980. The first-order chi connectivity index (χ1) is 9.02. The molecular formula is C14H17NO4. The standard InChI is InChI=1S/C14H17NO4/c1-3-5-14(18)19-9-13(17)15-12-7-4-6-11(8-12)10(2)16/h4,6-8H,3,5,9H2,1-2H3,(H,15,17). The van der Waals surface area contributed by atoms with E-state index in [1.807, 2.05) is 6.92 Å². The molecule has 0 atom stereocenters. The number of hydrogen-bond acceptors (Lipinski definition) is 4. The van der Waals surface area contributed by atoms with Crippen LogP contribution in [0.15, 0.2) is 24.3 Å². The van der Waals surface area contributed by atoms with Crippen LogP contribution in [0.3, 0.4) is 0 Å². The van der Waals surface area contributed by atoms with Gasteiger partial charge in [0.25, 0.3) is 5.91 Å². The van der Waals surface area contributed by atoms with Gasteiger partial charge in [0.2, 0.25) is 0 Å². The monoisotopic (exact) mass is 263 g/mol. The van der Waals surface area contributed by atoms with Crippen LogP contribution in [0.25, 0.3) is 0 Å². The number of nitrogens with one attached hydrogen (secondary N) is 1. The Bertz CT molecular complexity index is 482. The van der Waals surface area contributed by atoms with Gasteiger partial charge in [0, 0.05) is 17.7 Å². The summed E-state index contributed by atoms with van der Waals surface area (Å²) < 4.78 is 4.78. The van der Waals surface area contributed by atoms with Crippen molar-refractivity contribution in [1.82, 2.24) is 0 Å². The van der Waals surface area contributed by atoms with Gasteiger partial charge < -0.3 is 10.1 Å². The molecule has 0 spiro atoms. The molecule has 1 amide bonds. The van der Waals surface area contributed by atoms with E-state index in [-0.39, 0.29) is 12.4 Å². The lowest BCUT2D eigenvalue weighted by atomic mass is 10.1. The number of amides is 1. The fourth-order valence-corrected chi connectivity index (χ4v) is 1.44. The molecule has 0 saturated heterocycles. The fraction of sp³-hybridized carbons (Fsp3) is 0.357. The summed E-state index contributed by atoms with van der Waals surface area (Å²) in [5.74, 6) is -0.897. The van der Waals surface area contributed by atoms with Crippen molar-refractivity contribution in [3.8, 4) is 0 Å². The number of esters is 1. The molecule has 0 heterocycles. The predicted molar refractivity (Wildman–Crippen MR) is 70.9 cm³/mol. The Balaban J connectivity index is 2.50. The Kier molecular flexibility index (Phi) is 5.73. The zero-order valence-corrected chi connectivity index (χ0v) is 11.1. The second-order valence-corrected chi connectivity index (χ2v) is 4.10. The van der Waals surface area contributed by atoms with E-state index in [2.05, 4.69) is 5.32 Å². The largest absolute Gasteiger partial charge is 0.456 e. The second kappa shape index (κ2) is 7.31. The van der Waals surface area contributed by atoms with Gasteiger partial charge >= 0.3 is 5.97 Å². The van der Waals surface area contributed by atoms with Crippen molar-refractivity contribution in [1.29, 1.82) is 0 Å². The summed E-state index contributed by atoms with van der Waals surface area (Å²) in [4.78, 5) is 33.8. The van der Waals surface area contributed by atoms with Crippen molar-refractivity contribution >= 4 is 23.3 Å². The number of rotatable bonds is 6. The highest BCUT2D eigenvalue weighted by molar-refractivity contribution is 5.97. The smallest absolute Gasteiger partial charge is 0.306 e. The molecule has 0 fully saturated rings. The van der Waals surface area contributed by atoms with E-state index in [0.717, 1.165) is 0 Å². The van der Waals surface area contributed by atoms with E-state index >= 15 is 0 Å². The molecule has 5 nitrogen and oxygen atoms in total. The minimum atomic E-state index is -0.426. The zero-order chi connectivity index (χ0) is 14.3. The number of benzene rings is 1. The van der Waals surface area contributed by atoms with Crippen molar-refractivity contribution in [3.05, 3.63) is 29.8 Å². The van der Waals surface area contributed by atoms with E-state index in [4.69, 9.17) is 4.74 Å². The molecule has 1 rings (SSSR count). The third-order valence-electron chi connectivity index (χ3n) is 2.37. The fourth-order valence-electron chi connectivity index (χ4n) is 1.44. The third kappa shape index (κ3) is 5.33. The highest BCUT2D eigenvalue weighted by Gasteiger charge is 2.08. The average Bonchev–Trinajstić information content (AvgIpc) is 2.37. The summed E-state index contributed by atoms with van der Waals surface area (Å²) in [6.45, 7) is 2.99. The molecule has 5 heteroatoms. The van der Waals surface area contributed by atoms with Crippen LogP contribution in [-0.2, 0) is 14.3 Å². The van der Waals surface area contributed by atoms with Gasteiger partial charge in [-0.1, -0.05) is 19.1 Å². The first-order valence-corrected chi connectivity index (χ1v) is 6.09. The number of ketones is 1. The van der Waals surface area contributed by atoms with Crippen LogP contribution in [0.2, 0.25) is 0 Å². The number of carbonyl (C=O) groups excluding carboxylic acids is 3. The first kappa shape index (κ1) is 14.9. The van der Waals surface area contributed by atoms with E-state index < -0.39 is 11.9 Å². The van der Waals surface area contributed by atoms with Gasteiger partial charge in [-0.05, 0) is 25.5 Å². The maximum absolute atomic E-state index is 11.5. The molecule has 0 aliphatic carbocycles. The Labute approximate surface area is 111 Å². The van der Waals surface area contributed by atoms with Crippen LogP contribution in [0.1, 0.15) is 37.0 Å². The number of carbonyl (C=O) groups is 3. The van der Waals surface area contributed by atoms with Crippen LogP contribution >= 0.6 is 0 Å². The van der Waals surface area contributed by atoms with Gasteiger partial charge in [-0.3, -0.25) is 14.4 Å². The second-order valence-electron chi connectivity index (χ2n) is 4.10. The molecule has 0 radical (unpaired) electrons. The summed E-state index contributed by atoms with van der Waals surface area (Å²) in [7, 11) is 0. The van der Waals surface area contributed by atoms with Crippen LogP contribution in [0, 0.1) is 0 Å². The lowest BCUT2D eigenvalue weighted by Gasteiger charge is -2.07. The average molecular weight is 263 g/mol. The number of anilines is 1. The summed E-state index contributed by atoms with van der Waals surface area (Å²) in [5.41, 5.74) is 1.02. The molecule has 0 aromatic heterocycles. The minimum absolute atomic E-state index is 0.0783. The number of ether oxygens (including phenoxy) is 1. The Morgan fingerprint density at radius 2 is 2.00 bits per heavy atom. The van der Waals surface area contributed by atoms with Gasteiger partial charge in [-0.15, -0.1) is 0 Å². The van der Waals surface area contributed by atoms with Crippen LogP contribution in [-0.4, -0.2) is 24.3 Å². The Hall–Kier alpha value is -2.17. The molecule has 1 aromatic rings. The van der Waals surface area contributed by atoms with E-state index in [1.54, 1.807) is 24.3 Å². The molecule has 0 saturated carbocycles. The van der Waals surface area contributed by atoms with E-state index in [9.17, 15) is 14.4 Å². The molecular weight excluding hydrogens is 246 g/mol. The highest BCUT2D eigenvalue weighted by atomic mass is 16.5. The van der Waals surface area contributed by atoms with Crippen molar-refractivity contribution in [3.63, 3.8) is 0 Å². The third-order valence-corrected chi connectivity index (χ3v) is 2.37. The Morgan fingerprint density at radius 1 is 1.26 bits per heavy atom. The van der Waals surface area contributed by atoms with Crippen LogP contribution < -0.4 is 5.32 Å². The lowest BCUT2D eigenvalue weighted by Crippen LogP contribution is -2.20. The predicted octanol–water partition coefficient (Wildman–Crippen LogP) is 2.17. The van der Waals surface area contributed by atoms with Crippen LogP contribution in [0.5, 0.6) is 0 Å². The van der Waals surface area contributed by atoms with Gasteiger partial charge in [0.1, 0.15) is 0 Å². The summed E-state index contributed by atoms with van der Waals surface area (Å²) in [5, 5.41) is 2.57. The molecule has 0 aliphatic heterocycles. The Morgan fingerprint density at radius 3 is 2.63 bits per heavy atom. The van der Waals surface area contributed by atoms with Crippen molar-refractivity contribution in [2.75, 3.05) is 11.9 Å². The number of Topliss-reactive ketones (excluding diaryl/α,β-unsaturated/α-hetero) is 1. The van der Waals surface area contributed by atoms with E-state index in [0.29, 0.717) is 24.1 Å². The zero-order valence-electron chi connectivity index (χ0n) is 11.1. The quantitative estimate of drug-likeness (QED) is 0.630. The molecule has 0 bridgehead atoms. The molecule has 1 aromatic carbocycles. The minimum Gasteiger partial charge on any atom is -0.456 e. The summed E-state index contributed by atoms with van der Waals surface area (Å²) >= 11 is 0. The highest BCUT2D eigenvalue weighted by Crippen LogP contribution is 2.11. The molecule has 0 aliphatic rings. The van der Waals surface area contributed by atoms with Gasteiger partial charge in [0.05, 0.1) is 0 Å². The van der Waals surface area contributed by atoms with E-state index in [1.165, 1.54) is 6.92 Å². The molecule has 1 N–H and O–H groups in total. The maximum atomic E-state index is 11.5. The van der Waals surface area contributed by atoms with Crippen LogP contribution in [0.4, 0.5) is 5.69 Å². The number of hydrogen-bond donors (Lipinski definition) is 1. The molecule has 0 unspecified atom stereocenters. The topological polar surface area (TPSA) is 72.5 Å². The van der Waals surface area contributed by atoms with Gasteiger partial charge in [0.15, 0.2) is 12.4 Å². The first-order valence-electron chi connectivity index (χ1n) is 6.09. The van der Waals surface area contributed by atoms with Crippen molar-refractivity contribution < 1.29 is 19.1 Å². The maximum Gasteiger partial charge on any atom is 0.306 e. The van der Waals surface area contributed by atoms with Crippen molar-refractivity contribution in [2.45, 2.75) is 26.7 Å². The van der Waals surface area contributed by atoms with Gasteiger partial charge in [-0.2, -0.15) is 0 Å². The normalized spacial score (nSPS) is 9.79. The lowest BCUT2D eigenvalue weighted by molar-refractivity contribution is -0.147. The van der Waals surface area contributed by atoms with Gasteiger partial charge in [-0.25, -0.2) is 0 Å². The molecule has 102 valence electrons. The van der Waals surface area contributed by atoms with Crippen molar-refractivity contribution in [2.24, 2.45) is 0 Å². The summed E-state index contributed by atoms with van der Waals surface area (Å²) in [6, 6.07) is 6.58.